The van der Waals surface area contributed by atoms with Crippen molar-refractivity contribution in [3.63, 3.8) is 0 Å². The maximum absolute atomic E-state index is 12.3. The number of aliphatic hydroxyl groups is 2. The quantitative estimate of drug-likeness (QED) is 0.583. The number of aliphatic hydroxyl groups excluding tert-OH is 1. The van der Waals surface area contributed by atoms with E-state index in [0.29, 0.717) is 24.3 Å². The summed E-state index contributed by atoms with van der Waals surface area (Å²) in [6.45, 7) is 3.86. The fraction of sp³-hybridized carbons (Fsp3) is 0.500. The van der Waals surface area contributed by atoms with Gasteiger partial charge in [0.15, 0.2) is 0 Å². The Hall–Kier alpha value is -2.18. The van der Waals surface area contributed by atoms with Crippen molar-refractivity contribution in [2.75, 3.05) is 13.2 Å². The number of nitrogens with zero attached hydrogens (tertiary/aromatic N) is 1. The zero-order chi connectivity index (χ0) is 18.7. The highest BCUT2D eigenvalue weighted by Crippen LogP contribution is 2.44. The summed E-state index contributed by atoms with van der Waals surface area (Å²) in [5.74, 6) is 0.339. The van der Waals surface area contributed by atoms with Crippen LogP contribution in [0.5, 0.6) is 0 Å². The molecule has 0 bridgehead atoms. The molecular weight excluding hydrogens is 330 g/mol. The number of aromatic nitrogens is 2. The zero-order valence-electron chi connectivity index (χ0n) is 15.4. The number of H-pyrrole nitrogens is 1. The Labute approximate surface area is 153 Å². The summed E-state index contributed by atoms with van der Waals surface area (Å²) in [5.41, 5.74) is 3.91. The molecule has 2 aromatic rings. The lowest BCUT2D eigenvalue weighted by atomic mass is 9.99. The van der Waals surface area contributed by atoms with E-state index in [2.05, 4.69) is 15.5 Å². The third-order valence-electron chi connectivity index (χ3n) is 4.88. The van der Waals surface area contributed by atoms with E-state index < -0.39 is 5.60 Å². The van der Waals surface area contributed by atoms with Crippen molar-refractivity contribution in [1.82, 2.24) is 15.5 Å². The topological polar surface area (TPSA) is 98.2 Å². The van der Waals surface area contributed by atoms with Crippen LogP contribution in [-0.4, -0.2) is 45.1 Å². The maximum Gasteiger partial charge on any atom is 0.251 e. The molecule has 0 radical (unpaired) electrons. The second kappa shape index (κ2) is 7.60. The highest BCUT2D eigenvalue weighted by Gasteiger charge is 2.30. The van der Waals surface area contributed by atoms with E-state index in [9.17, 15) is 9.90 Å². The largest absolute Gasteiger partial charge is 0.396 e. The molecule has 1 aliphatic rings. The number of nitrogens with one attached hydrogen (secondary N) is 2. The second-order valence-electron chi connectivity index (χ2n) is 7.47. The lowest BCUT2D eigenvalue weighted by Crippen LogP contribution is -2.40. The Morgan fingerprint density at radius 3 is 2.65 bits per heavy atom. The van der Waals surface area contributed by atoms with Gasteiger partial charge >= 0.3 is 0 Å². The van der Waals surface area contributed by atoms with Crippen LogP contribution >= 0.6 is 0 Å². The maximum atomic E-state index is 12.3. The summed E-state index contributed by atoms with van der Waals surface area (Å²) < 4.78 is 0. The summed E-state index contributed by atoms with van der Waals surface area (Å²) in [4.78, 5) is 12.3. The van der Waals surface area contributed by atoms with Gasteiger partial charge in [-0.1, -0.05) is 12.1 Å². The molecule has 1 saturated carbocycles. The average Bonchev–Trinajstić information content (AvgIpc) is 3.40. The molecule has 6 nitrogen and oxygen atoms in total. The molecule has 6 heteroatoms. The summed E-state index contributed by atoms with van der Waals surface area (Å²) in [5, 5.41) is 29.3. The summed E-state index contributed by atoms with van der Waals surface area (Å²) in [6.07, 6.45) is 3.32. The second-order valence-corrected chi connectivity index (χ2v) is 7.47. The first-order chi connectivity index (χ1) is 12.4. The Morgan fingerprint density at radius 1 is 1.35 bits per heavy atom. The normalized spacial score (nSPS) is 16.3. The smallest absolute Gasteiger partial charge is 0.251 e. The van der Waals surface area contributed by atoms with Crippen molar-refractivity contribution in [3.05, 3.63) is 41.2 Å². The number of carbonyl (C=O) groups excluding carboxylic acids is 1. The van der Waals surface area contributed by atoms with Crippen molar-refractivity contribution in [2.24, 2.45) is 0 Å². The highest BCUT2D eigenvalue weighted by atomic mass is 16.3. The third kappa shape index (κ3) is 4.31. The van der Waals surface area contributed by atoms with Gasteiger partial charge in [-0.05, 0) is 57.2 Å². The molecule has 0 unspecified atom stereocenters. The van der Waals surface area contributed by atoms with Crippen LogP contribution in [0, 0.1) is 6.92 Å². The number of hydrogen-bond donors (Lipinski definition) is 4. The van der Waals surface area contributed by atoms with Gasteiger partial charge in [0.2, 0.25) is 0 Å². The molecule has 1 atom stereocenters. The van der Waals surface area contributed by atoms with Crippen LogP contribution in [-0.2, 0) is 0 Å². The predicted molar refractivity (Wildman–Crippen MR) is 100 cm³/mol. The molecule has 1 heterocycles. The van der Waals surface area contributed by atoms with Gasteiger partial charge in [0.25, 0.3) is 5.91 Å². The van der Waals surface area contributed by atoms with Gasteiger partial charge in [0.05, 0.1) is 11.3 Å². The van der Waals surface area contributed by atoms with Gasteiger partial charge in [-0.3, -0.25) is 9.89 Å². The minimum atomic E-state index is -1.02. The summed E-state index contributed by atoms with van der Waals surface area (Å²) >= 11 is 0. The van der Waals surface area contributed by atoms with Gasteiger partial charge in [-0.25, -0.2) is 0 Å². The minimum absolute atomic E-state index is 0.0296. The number of hydrogen-bond acceptors (Lipinski definition) is 4. The van der Waals surface area contributed by atoms with Gasteiger partial charge in [0, 0.05) is 35.9 Å². The molecular formula is C20H27N3O3. The van der Waals surface area contributed by atoms with Crippen molar-refractivity contribution >= 4 is 5.91 Å². The van der Waals surface area contributed by atoms with E-state index in [4.69, 9.17) is 5.11 Å². The first-order valence-corrected chi connectivity index (χ1v) is 9.18. The van der Waals surface area contributed by atoms with E-state index in [0.717, 1.165) is 22.5 Å². The Morgan fingerprint density at radius 2 is 2.04 bits per heavy atom. The molecule has 1 aliphatic carbocycles. The number of rotatable bonds is 8. The SMILES string of the molecule is Cc1[nH]nc(C2CC2)c1-c1ccc(C(=O)NC[C@](C)(O)CCCO)cc1. The van der Waals surface area contributed by atoms with Crippen LogP contribution in [0.15, 0.2) is 24.3 Å². The van der Waals surface area contributed by atoms with E-state index >= 15 is 0 Å². The van der Waals surface area contributed by atoms with Crippen LogP contribution in [0.4, 0.5) is 0 Å². The van der Waals surface area contributed by atoms with Gasteiger partial charge < -0.3 is 15.5 Å². The van der Waals surface area contributed by atoms with E-state index in [1.165, 1.54) is 12.8 Å². The number of aromatic amines is 1. The van der Waals surface area contributed by atoms with Crippen molar-refractivity contribution in [1.29, 1.82) is 0 Å². The Balaban J connectivity index is 1.66. The molecule has 4 N–H and O–H groups in total. The van der Waals surface area contributed by atoms with Gasteiger partial charge in [0.1, 0.15) is 0 Å². The van der Waals surface area contributed by atoms with E-state index in [1.54, 1.807) is 19.1 Å². The van der Waals surface area contributed by atoms with Gasteiger partial charge in [-0.2, -0.15) is 5.10 Å². The van der Waals surface area contributed by atoms with Crippen molar-refractivity contribution in [2.45, 2.75) is 51.0 Å². The molecule has 1 amide bonds. The number of carbonyl (C=O) groups is 1. The predicted octanol–water partition coefficient (Wildman–Crippen LogP) is 2.52. The fourth-order valence-electron chi connectivity index (χ4n) is 3.17. The van der Waals surface area contributed by atoms with Crippen LogP contribution < -0.4 is 5.32 Å². The van der Waals surface area contributed by atoms with Crippen molar-refractivity contribution < 1.29 is 15.0 Å². The molecule has 3 rings (SSSR count). The highest BCUT2D eigenvalue weighted by molar-refractivity contribution is 5.94. The number of amides is 1. The van der Waals surface area contributed by atoms with Crippen LogP contribution in [0.25, 0.3) is 11.1 Å². The molecule has 1 aromatic carbocycles. The summed E-state index contributed by atoms with van der Waals surface area (Å²) in [6, 6.07) is 7.50. The molecule has 0 spiro atoms. The monoisotopic (exact) mass is 357 g/mol. The minimum Gasteiger partial charge on any atom is -0.396 e. The molecule has 0 saturated heterocycles. The lowest BCUT2D eigenvalue weighted by molar-refractivity contribution is 0.0415. The molecule has 26 heavy (non-hydrogen) atoms. The molecule has 1 fully saturated rings. The zero-order valence-corrected chi connectivity index (χ0v) is 15.4. The van der Waals surface area contributed by atoms with E-state index in [1.807, 2.05) is 19.1 Å². The Kier molecular flexibility index (Phi) is 5.44. The average molecular weight is 357 g/mol. The van der Waals surface area contributed by atoms with Gasteiger partial charge in [-0.15, -0.1) is 0 Å². The van der Waals surface area contributed by atoms with Crippen molar-refractivity contribution in [3.8, 4) is 11.1 Å². The molecule has 140 valence electrons. The van der Waals surface area contributed by atoms with Crippen LogP contribution in [0.3, 0.4) is 0 Å². The molecule has 0 aliphatic heterocycles. The van der Waals surface area contributed by atoms with Crippen LogP contribution in [0.1, 0.15) is 60.3 Å². The lowest BCUT2D eigenvalue weighted by Gasteiger charge is -2.23. The Bertz CT molecular complexity index is 761. The van der Waals surface area contributed by atoms with E-state index in [-0.39, 0.29) is 19.1 Å². The molecule has 1 aromatic heterocycles. The fourth-order valence-corrected chi connectivity index (χ4v) is 3.17. The standard InChI is InChI=1S/C20H27N3O3/c1-13-17(18(23-22-13)15-6-7-15)14-4-8-16(9-5-14)19(25)21-12-20(2,26)10-3-11-24/h4-5,8-9,15,24,26H,3,6-7,10-12H2,1-2H3,(H,21,25)(H,22,23)/t20-/m1/s1. The number of benzene rings is 1. The summed E-state index contributed by atoms with van der Waals surface area (Å²) in [7, 11) is 0. The first-order valence-electron chi connectivity index (χ1n) is 9.18. The van der Waals surface area contributed by atoms with Crippen LogP contribution in [0.2, 0.25) is 0 Å². The third-order valence-corrected chi connectivity index (χ3v) is 4.88. The first kappa shape index (κ1) is 18.6. The number of aryl methyl sites for hydroxylation is 1.